The average molecular weight is 280 g/mol. The van der Waals surface area contributed by atoms with Crippen molar-refractivity contribution in [2.75, 3.05) is 5.32 Å². The number of benzene rings is 1. The molecular weight excluding hydrogens is 268 g/mol. The third-order valence-electron chi connectivity index (χ3n) is 3.15. The van der Waals surface area contributed by atoms with Crippen LogP contribution in [0.25, 0.3) is 11.0 Å². The van der Waals surface area contributed by atoms with Crippen LogP contribution in [0.15, 0.2) is 48.7 Å². The Bertz CT molecular complexity index is 833. The van der Waals surface area contributed by atoms with Crippen molar-refractivity contribution in [2.24, 2.45) is 0 Å². The number of fused-ring (bicyclic) bond motifs is 1. The van der Waals surface area contributed by atoms with E-state index >= 15 is 0 Å². The molecule has 1 N–H and O–H groups in total. The Balaban J connectivity index is 2.06. The molecule has 0 spiro atoms. The normalized spacial score (nSPS) is 10.5. The minimum Gasteiger partial charge on any atom is -0.348 e. The summed E-state index contributed by atoms with van der Waals surface area (Å²) in [5.74, 6) is 0. The fraction of sp³-hybridized carbons (Fsp3) is 0.0667. The number of nitrogens with one attached hydrogen (secondary N) is 1. The van der Waals surface area contributed by atoms with Gasteiger partial charge in [-0.3, -0.25) is 10.1 Å². The second-order valence-corrected chi connectivity index (χ2v) is 4.57. The molecule has 0 amide bonds. The Hall–Kier alpha value is -3.02. The topological polar surface area (TPSA) is 81.0 Å². The third kappa shape index (κ3) is 2.51. The van der Waals surface area contributed by atoms with Crippen molar-refractivity contribution in [3.8, 4) is 0 Å². The predicted molar refractivity (Wildman–Crippen MR) is 80.7 cm³/mol. The number of aryl methyl sites for hydroxylation is 1. The number of hydrogen-bond donors (Lipinski definition) is 1. The lowest BCUT2D eigenvalue weighted by atomic mass is 10.2. The molecule has 0 atom stereocenters. The van der Waals surface area contributed by atoms with Gasteiger partial charge in [-0.1, -0.05) is 12.1 Å². The number of anilines is 2. The number of nitrogens with zero attached hydrogens (tertiary/aromatic N) is 3. The molecule has 104 valence electrons. The Kier molecular flexibility index (Phi) is 3.19. The van der Waals surface area contributed by atoms with Crippen LogP contribution in [0.3, 0.4) is 0 Å². The second kappa shape index (κ2) is 5.16. The molecular formula is C15H12N4O2. The van der Waals surface area contributed by atoms with Gasteiger partial charge in [-0.2, -0.15) is 0 Å². The monoisotopic (exact) mass is 280 g/mol. The Labute approximate surface area is 120 Å². The first-order chi connectivity index (χ1) is 10.1. The van der Waals surface area contributed by atoms with E-state index in [-0.39, 0.29) is 5.69 Å². The van der Waals surface area contributed by atoms with Gasteiger partial charge in [-0.15, -0.1) is 0 Å². The lowest BCUT2D eigenvalue weighted by Gasteiger charge is -2.10. The van der Waals surface area contributed by atoms with Crippen LogP contribution in [0.1, 0.15) is 5.69 Å². The van der Waals surface area contributed by atoms with Crippen molar-refractivity contribution in [1.29, 1.82) is 0 Å². The van der Waals surface area contributed by atoms with Gasteiger partial charge in [-0.05, 0) is 31.2 Å². The van der Waals surface area contributed by atoms with Crippen LogP contribution in [-0.4, -0.2) is 14.9 Å². The van der Waals surface area contributed by atoms with Gasteiger partial charge < -0.3 is 5.32 Å². The molecule has 0 saturated carbocycles. The van der Waals surface area contributed by atoms with Gasteiger partial charge in [0.1, 0.15) is 5.69 Å². The van der Waals surface area contributed by atoms with E-state index in [1.165, 1.54) is 6.07 Å². The molecule has 6 heteroatoms. The van der Waals surface area contributed by atoms with E-state index in [2.05, 4.69) is 15.3 Å². The molecule has 0 aliphatic heterocycles. The van der Waals surface area contributed by atoms with E-state index in [0.29, 0.717) is 11.3 Å². The molecule has 0 bridgehead atoms. The fourth-order valence-corrected chi connectivity index (χ4v) is 2.10. The maximum absolute atomic E-state index is 11.0. The highest BCUT2D eigenvalue weighted by Crippen LogP contribution is 2.29. The highest BCUT2D eigenvalue weighted by Gasteiger charge is 2.13. The van der Waals surface area contributed by atoms with E-state index in [4.69, 9.17) is 0 Å². The Morgan fingerprint density at radius 1 is 1.14 bits per heavy atom. The van der Waals surface area contributed by atoms with Crippen molar-refractivity contribution in [2.45, 2.75) is 6.92 Å². The first-order valence-electron chi connectivity index (χ1n) is 6.38. The minimum absolute atomic E-state index is 0.0307. The molecule has 0 unspecified atom stereocenters. The number of pyridine rings is 2. The molecule has 0 fully saturated rings. The highest BCUT2D eigenvalue weighted by atomic mass is 16.6. The standard InChI is InChI=1S/C15H12N4O2/c1-10-13(9-11-5-4-8-16-15(11)17-10)18-12-6-2-3-7-14(12)19(20)21/h2-9,18H,1H3. The summed E-state index contributed by atoms with van der Waals surface area (Å²) in [5, 5.41) is 15.0. The van der Waals surface area contributed by atoms with Crippen molar-refractivity contribution in [1.82, 2.24) is 9.97 Å². The number of para-hydroxylation sites is 2. The van der Waals surface area contributed by atoms with Crippen molar-refractivity contribution < 1.29 is 4.92 Å². The maximum Gasteiger partial charge on any atom is 0.292 e. The molecule has 6 nitrogen and oxygen atoms in total. The second-order valence-electron chi connectivity index (χ2n) is 4.57. The Morgan fingerprint density at radius 3 is 2.76 bits per heavy atom. The zero-order chi connectivity index (χ0) is 14.8. The van der Waals surface area contributed by atoms with Crippen LogP contribution in [0.4, 0.5) is 17.1 Å². The smallest absolute Gasteiger partial charge is 0.292 e. The molecule has 21 heavy (non-hydrogen) atoms. The van der Waals surface area contributed by atoms with Gasteiger partial charge >= 0.3 is 0 Å². The van der Waals surface area contributed by atoms with Gasteiger partial charge in [0.15, 0.2) is 5.65 Å². The third-order valence-corrected chi connectivity index (χ3v) is 3.15. The predicted octanol–water partition coefficient (Wildman–Crippen LogP) is 3.59. The first kappa shape index (κ1) is 13.0. The summed E-state index contributed by atoms with van der Waals surface area (Å²) in [5.41, 5.74) is 2.59. The maximum atomic E-state index is 11.0. The number of aromatic nitrogens is 2. The largest absolute Gasteiger partial charge is 0.348 e. The van der Waals surface area contributed by atoms with E-state index < -0.39 is 4.92 Å². The van der Waals surface area contributed by atoms with Gasteiger partial charge in [-0.25, -0.2) is 9.97 Å². The number of rotatable bonds is 3. The summed E-state index contributed by atoms with van der Waals surface area (Å²) in [4.78, 5) is 19.2. The first-order valence-corrected chi connectivity index (χ1v) is 6.38. The van der Waals surface area contributed by atoms with Crippen LogP contribution >= 0.6 is 0 Å². The van der Waals surface area contributed by atoms with E-state index in [0.717, 1.165) is 16.8 Å². The summed E-state index contributed by atoms with van der Waals surface area (Å²) in [6.45, 7) is 1.84. The van der Waals surface area contributed by atoms with Crippen LogP contribution in [0.5, 0.6) is 0 Å². The number of hydrogen-bond acceptors (Lipinski definition) is 5. The quantitative estimate of drug-likeness (QED) is 0.585. The lowest BCUT2D eigenvalue weighted by molar-refractivity contribution is -0.383. The molecule has 0 aliphatic carbocycles. The fourth-order valence-electron chi connectivity index (χ4n) is 2.10. The van der Waals surface area contributed by atoms with E-state index in [1.807, 2.05) is 25.1 Å². The van der Waals surface area contributed by atoms with Crippen LogP contribution in [0.2, 0.25) is 0 Å². The summed E-state index contributed by atoms with van der Waals surface area (Å²) in [7, 11) is 0. The summed E-state index contributed by atoms with van der Waals surface area (Å²) in [6.07, 6.45) is 1.68. The highest BCUT2D eigenvalue weighted by molar-refractivity contribution is 5.82. The molecule has 0 aliphatic rings. The SMILES string of the molecule is Cc1nc2ncccc2cc1Nc1ccccc1[N+](=O)[O-]. The van der Waals surface area contributed by atoms with Crippen LogP contribution in [-0.2, 0) is 0 Å². The van der Waals surface area contributed by atoms with Gasteiger partial charge in [0.2, 0.25) is 0 Å². The summed E-state index contributed by atoms with van der Waals surface area (Å²) in [6, 6.07) is 12.1. The average Bonchev–Trinajstić information content (AvgIpc) is 2.48. The van der Waals surface area contributed by atoms with Gasteiger partial charge in [0, 0.05) is 17.6 Å². The summed E-state index contributed by atoms with van der Waals surface area (Å²) >= 11 is 0. The van der Waals surface area contributed by atoms with Crippen molar-refractivity contribution in [3.63, 3.8) is 0 Å². The zero-order valence-corrected chi connectivity index (χ0v) is 11.3. The molecule has 0 radical (unpaired) electrons. The molecule has 3 aromatic rings. The minimum atomic E-state index is -0.409. The van der Waals surface area contributed by atoms with Crippen molar-refractivity contribution >= 4 is 28.1 Å². The molecule has 2 heterocycles. The van der Waals surface area contributed by atoms with Crippen LogP contribution < -0.4 is 5.32 Å². The zero-order valence-electron chi connectivity index (χ0n) is 11.3. The number of nitro groups is 1. The molecule has 3 rings (SSSR count). The Morgan fingerprint density at radius 2 is 1.95 bits per heavy atom. The van der Waals surface area contributed by atoms with Crippen LogP contribution in [0, 0.1) is 17.0 Å². The van der Waals surface area contributed by atoms with E-state index in [1.54, 1.807) is 24.4 Å². The van der Waals surface area contributed by atoms with E-state index in [9.17, 15) is 10.1 Å². The lowest BCUT2D eigenvalue weighted by Crippen LogP contribution is -2.00. The van der Waals surface area contributed by atoms with Crippen molar-refractivity contribution in [3.05, 3.63) is 64.5 Å². The van der Waals surface area contributed by atoms with Gasteiger partial charge in [0.05, 0.1) is 16.3 Å². The molecule has 1 aromatic carbocycles. The van der Waals surface area contributed by atoms with Gasteiger partial charge in [0.25, 0.3) is 5.69 Å². The molecule has 2 aromatic heterocycles. The number of nitro benzene ring substituents is 1. The molecule has 0 saturated heterocycles. The summed E-state index contributed by atoms with van der Waals surface area (Å²) < 4.78 is 0.